The minimum atomic E-state index is -0.655. The monoisotopic (exact) mass is 457 g/mol. The van der Waals surface area contributed by atoms with Gasteiger partial charge in [0.25, 0.3) is 11.8 Å². The van der Waals surface area contributed by atoms with Gasteiger partial charge in [0.2, 0.25) is 0 Å². The van der Waals surface area contributed by atoms with Crippen LogP contribution in [0.15, 0.2) is 57.7 Å². The molecular formula is C19H15N5O7S. The summed E-state index contributed by atoms with van der Waals surface area (Å²) in [6.45, 7) is 0. The zero-order valence-corrected chi connectivity index (χ0v) is 17.5. The van der Waals surface area contributed by atoms with Gasteiger partial charge in [0.15, 0.2) is 16.7 Å². The third-order valence-electron chi connectivity index (χ3n) is 3.80. The number of hydrogen-bond acceptors (Lipinski definition) is 11. The Morgan fingerprint density at radius 3 is 2.81 bits per heavy atom. The summed E-state index contributed by atoms with van der Waals surface area (Å²) >= 11 is 0.942. The normalized spacial score (nSPS) is 15.8. The maximum atomic E-state index is 11.8. The number of aromatic nitrogens is 1. The highest BCUT2D eigenvalue weighted by molar-refractivity contribution is 8.18. The van der Waals surface area contributed by atoms with Crippen LogP contribution in [0.4, 0.5) is 5.69 Å². The van der Waals surface area contributed by atoms with E-state index >= 15 is 0 Å². The molecule has 1 saturated heterocycles. The maximum absolute atomic E-state index is 11.8. The van der Waals surface area contributed by atoms with E-state index in [1.54, 1.807) is 12.1 Å². The fourth-order valence-electron chi connectivity index (χ4n) is 2.34. The van der Waals surface area contributed by atoms with Crippen LogP contribution >= 0.6 is 11.8 Å². The molecular weight excluding hydrogens is 442 g/mol. The molecule has 0 saturated carbocycles. The number of thioether (sulfide) groups is 1. The summed E-state index contributed by atoms with van der Waals surface area (Å²) in [7, 11) is 2.62. The van der Waals surface area contributed by atoms with Crippen LogP contribution in [0.2, 0.25) is 0 Å². The quantitative estimate of drug-likeness (QED) is 0.217. The topological polar surface area (TPSA) is 155 Å². The van der Waals surface area contributed by atoms with E-state index in [2.05, 4.69) is 25.2 Å². The first-order chi connectivity index (χ1) is 15.4. The van der Waals surface area contributed by atoms with E-state index in [1.807, 2.05) is 0 Å². The third kappa shape index (κ3) is 5.46. The van der Waals surface area contributed by atoms with Gasteiger partial charge in [0.05, 0.1) is 30.3 Å². The number of pyridine rings is 1. The van der Waals surface area contributed by atoms with E-state index in [9.17, 15) is 19.7 Å². The van der Waals surface area contributed by atoms with Crippen LogP contribution in [0.25, 0.3) is 0 Å². The molecule has 0 aliphatic carbocycles. The summed E-state index contributed by atoms with van der Waals surface area (Å²) in [5.74, 6) is -0.810. The van der Waals surface area contributed by atoms with Gasteiger partial charge in [-0.15, -0.1) is 5.10 Å². The third-order valence-corrected chi connectivity index (χ3v) is 4.70. The summed E-state index contributed by atoms with van der Waals surface area (Å²) in [5.41, 5.74) is 0.293. The van der Waals surface area contributed by atoms with Crippen molar-refractivity contribution in [2.45, 2.75) is 0 Å². The Labute approximate surface area is 185 Å². The van der Waals surface area contributed by atoms with Gasteiger partial charge in [-0.25, -0.2) is 9.78 Å². The highest BCUT2D eigenvalue weighted by atomic mass is 32.2. The Balaban J connectivity index is 1.74. The number of carbonyl (C=O) groups excluding carboxylic acids is 2. The van der Waals surface area contributed by atoms with Crippen LogP contribution in [0.1, 0.15) is 5.56 Å². The number of rotatable bonds is 7. The molecule has 1 N–H and O–H groups in total. The molecule has 0 radical (unpaired) electrons. The Morgan fingerprint density at radius 2 is 2.09 bits per heavy atom. The number of hydrogen-bond donors (Lipinski definition) is 1. The second-order valence-corrected chi connectivity index (χ2v) is 6.87. The van der Waals surface area contributed by atoms with Crippen molar-refractivity contribution in [1.82, 2.24) is 10.3 Å². The number of amides is 1. The number of esters is 1. The molecule has 13 heteroatoms. The van der Waals surface area contributed by atoms with Crippen LogP contribution in [-0.4, -0.2) is 47.4 Å². The smallest absolute Gasteiger partial charge is 0.331 e. The molecule has 0 bridgehead atoms. The molecule has 1 aliphatic heterocycles. The fraction of sp³-hybridized carbons (Fsp3) is 0.105. The number of amidine groups is 1. The minimum absolute atomic E-state index is 0.137. The van der Waals surface area contributed by atoms with Crippen molar-refractivity contribution < 1.29 is 28.7 Å². The van der Waals surface area contributed by atoms with Gasteiger partial charge in [0, 0.05) is 18.3 Å². The fourth-order valence-corrected chi connectivity index (χ4v) is 3.08. The van der Waals surface area contributed by atoms with Gasteiger partial charge in [-0.2, -0.15) is 5.10 Å². The van der Waals surface area contributed by atoms with Crippen LogP contribution < -0.4 is 14.8 Å². The van der Waals surface area contributed by atoms with Crippen molar-refractivity contribution in [3.8, 4) is 17.4 Å². The molecule has 12 nitrogen and oxygen atoms in total. The van der Waals surface area contributed by atoms with Gasteiger partial charge in [0.1, 0.15) is 0 Å². The summed E-state index contributed by atoms with van der Waals surface area (Å²) in [6, 6.07) is 7.45. The van der Waals surface area contributed by atoms with Crippen molar-refractivity contribution in [3.05, 3.63) is 63.2 Å². The molecule has 0 spiro atoms. The predicted octanol–water partition coefficient (Wildman–Crippen LogP) is 2.40. The van der Waals surface area contributed by atoms with Crippen molar-refractivity contribution in [1.29, 1.82) is 0 Å². The van der Waals surface area contributed by atoms with Crippen LogP contribution in [-0.2, 0) is 14.3 Å². The molecule has 1 aliphatic rings. The first-order valence-corrected chi connectivity index (χ1v) is 9.58. The van der Waals surface area contributed by atoms with Gasteiger partial charge in [-0.05, 0) is 41.6 Å². The van der Waals surface area contributed by atoms with Gasteiger partial charge in [-0.3, -0.25) is 20.2 Å². The van der Waals surface area contributed by atoms with E-state index in [0.717, 1.165) is 17.8 Å². The van der Waals surface area contributed by atoms with E-state index in [4.69, 9.17) is 9.47 Å². The molecule has 0 unspecified atom stereocenters. The Hall–Kier alpha value is -4.26. The van der Waals surface area contributed by atoms with Crippen LogP contribution in [0.5, 0.6) is 17.4 Å². The Morgan fingerprint density at radius 1 is 1.28 bits per heavy atom. The van der Waals surface area contributed by atoms with Crippen LogP contribution in [0.3, 0.4) is 0 Å². The largest absolute Gasteiger partial charge is 0.493 e. The van der Waals surface area contributed by atoms with Gasteiger partial charge < -0.3 is 14.2 Å². The molecule has 1 amide bonds. The minimum Gasteiger partial charge on any atom is -0.493 e. The average Bonchev–Trinajstić information content (AvgIpc) is 3.13. The molecule has 2 aromatic rings. The number of methoxy groups -OCH3 is 2. The van der Waals surface area contributed by atoms with Gasteiger partial charge in [-0.1, -0.05) is 0 Å². The standard InChI is InChI=1S/C19H15N5O7S/c1-29-14-8-11(5-6-13(14)31-18-12(24(27)28)4-3-7-20-18)10-21-23-19-22-17(26)15(32-19)9-16(25)30-2/h3-10H,1-2H3,(H,22,23,26)/b15-9+,21-10?. The molecule has 1 fully saturated rings. The lowest BCUT2D eigenvalue weighted by Crippen LogP contribution is -2.19. The second-order valence-electron chi connectivity index (χ2n) is 5.83. The highest BCUT2D eigenvalue weighted by Gasteiger charge is 2.25. The zero-order valence-electron chi connectivity index (χ0n) is 16.7. The van der Waals surface area contributed by atoms with Crippen LogP contribution in [0, 0.1) is 10.1 Å². The molecule has 2 heterocycles. The number of nitro groups is 1. The lowest BCUT2D eigenvalue weighted by molar-refractivity contribution is -0.386. The molecule has 3 rings (SSSR count). The number of ether oxygens (including phenoxy) is 3. The van der Waals surface area contributed by atoms with Gasteiger partial charge >= 0.3 is 11.7 Å². The maximum Gasteiger partial charge on any atom is 0.331 e. The second kappa shape index (κ2) is 10.2. The number of nitrogens with one attached hydrogen (secondary N) is 1. The van der Waals surface area contributed by atoms with E-state index < -0.39 is 16.8 Å². The number of carbonyl (C=O) groups is 2. The molecule has 1 aromatic carbocycles. The summed E-state index contributed by atoms with van der Waals surface area (Å²) in [6.07, 6.45) is 3.83. The first kappa shape index (κ1) is 22.4. The summed E-state index contributed by atoms with van der Waals surface area (Å²) < 4.78 is 15.3. The Kier molecular flexibility index (Phi) is 7.13. The van der Waals surface area contributed by atoms with Crippen molar-refractivity contribution in [2.75, 3.05) is 14.2 Å². The molecule has 1 aromatic heterocycles. The SMILES string of the molecule is COC(=O)/C=C1/S/C(=N\N=Cc2ccc(Oc3ncccc3[N+](=O)[O-])c(OC)c2)NC1=O. The van der Waals surface area contributed by atoms with E-state index in [0.29, 0.717) is 5.56 Å². The van der Waals surface area contributed by atoms with Crippen molar-refractivity contribution in [3.63, 3.8) is 0 Å². The zero-order chi connectivity index (χ0) is 23.1. The van der Waals surface area contributed by atoms with Crippen molar-refractivity contribution >= 4 is 40.7 Å². The molecule has 0 atom stereocenters. The Bertz CT molecular complexity index is 1160. The summed E-state index contributed by atoms with van der Waals surface area (Å²) in [4.78, 5) is 37.6. The summed E-state index contributed by atoms with van der Waals surface area (Å²) in [5, 5.41) is 21.6. The molecule has 164 valence electrons. The van der Waals surface area contributed by atoms with E-state index in [1.165, 1.54) is 44.8 Å². The number of benzene rings is 1. The lowest BCUT2D eigenvalue weighted by Gasteiger charge is -2.10. The first-order valence-electron chi connectivity index (χ1n) is 8.76. The number of nitrogens with zero attached hydrogens (tertiary/aromatic N) is 4. The van der Waals surface area contributed by atoms with Crippen molar-refractivity contribution in [2.24, 2.45) is 10.2 Å². The predicted molar refractivity (Wildman–Crippen MR) is 115 cm³/mol. The van der Waals surface area contributed by atoms with E-state index in [-0.39, 0.29) is 33.1 Å². The molecule has 32 heavy (non-hydrogen) atoms. The average molecular weight is 457 g/mol. The lowest BCUT2D eigenvalue weighted by atomic mass is 10.2. The highest BCUT2D eigenvalue weighted by Crippen LogP contribution is 2.35.